The molecule has 0 radical (unpaired) electrons. The van der Waals surface area contributed by atoms with E-state index in [-0.39, 0.29) is 6.61 Å². The normalized spacial score (nSPS) is 11.5. The molecule has 2 aromatic rings. The Balaban J connectivity index is 2.40. The maximum absolute atomic E-state index is 12.5. The second kappa shape index (κ2) is 9.54. The highest BCUT2D eigenvalue weighted by Gasteiger charge is 2.32. The Morgan fingerprint density at radius 2 is 1.71 bits per heavy atom. The molecular weight excluding hydrogens is 421 g/mol. The van der Waals surface area contributed by atoms with Crippen molar-refractivity contribution in [2.75, 3.05) is 12.0 Å². The molecule has 0 atom stereocenters. The molecule has 0 aliphatic heterocycles. The van der Waals surface area contributed by atoms with Gasteiger partial charge in [0.1, 0.15) is 12.2 Å². The summed E-state index contributed by atoms with van der Waals surface area (Å²) in [5, 5.41) is 0. The fraction of sp³-hybridized carbons (Fsp3) is 0.350. The van der Waals surface area contributed by atoms with Gasteiger partial charge in [-0.1, -0.05) is 30.3 Å². The Hall–Kier alpha value is -3.50. The van der Waals surface area contributed by atoms with Crippen molar-refractivity contribution >= 4 is 12.1 Å². The van der Waals surface area contributed by atoms with Crippen molar-refractivity contribution in [3.63, 3.8) is 0 Å². The molecule has 0 saturated carbocycles. The van der Waals surface area contributed by atoms with E-state index in [0.29, 0.717) is 10.2 Å². The molecule has 1 amide bonds. The lowest BCUT2D eigenvalue weighted by Gasteiger charge is -2.22. The second-order valence-electron chi connectivity index (χ2n) is 7.31. The smallest absolute Gasteiger partial charge is 0.426 e. The van der Waals surface area contributed by atoms with Crippen LogP contribution in [0.2, 0.25) is 0 Å². The molecule has 0 fully saturated rings. The van der Waals surface area contributed by atoms with Gasteiger partial charge in [0.05, 0.1) is 0 Å². The first-order chi connectivity index (χ1) is 14.4. The van der Waals surface area contributed by atoms with Gasteiger partial charge in [-0.05, 0) is 26.3 Å². The molecule has 0 aliphatic rings. The van der Waals surface area contributed by atoms with Gasteiger partial charge >= 0.3 is 18.2 Å². The average Bonchev–Trinajstić information content (AvgIpc) is 2.65. The van der Waals surface area contributed by atoms with Crippen LogP contribution in [-0.2, 0) is 16.1 Å². The van der Waals surface area contributed by atoms with Crippen molar-refractivity contribution < 1.29 is 37.0 Å². The molecule has 1 N–H and O–H groups in total. The number of nitrogens with one attached hydrogen (secondary N) is 1. The van der Waals surface area contributed by atoms with Crippen LogP contribution in [0, 0.1) is 0 Å². The van der Waals surface area contributed by atoms with Gasteiger partial charge in [0.2, 0.25) is 5.43 Å². The van der Waals surface area contributed by atoms with Gasteiger partial charge in [0.25, 0.3) is 0 Å². The van der Waals surface area contributed by atoms with E-state index in [2.05, 4.69) is 10.2 Å². The highest BCUT2D eigenvalue weighted by molar-refractivity contribution is 5.91. The Bertz CT molecular complexity index is 981. The number of hydrogen-bond acceptors (Lipinski definition) is 6. The van der Waals surface area contributed by atoms with E-state index >= 15 is 0 Å². The van der Waals surface area contributed by atoms with Crippen molar-refractivity contribution in [3.05, 3.63) is 64.1 Å². The predicted molar refractivity (Wildman–Crippen MR) is 103 cm³/mol. The summed E-state index contributed by atoms with van der Waals surface area (Å²) >= 11 is 0. The van der Waals surface area contributed by atoms with Gasteiger partial charge in [-0.15, -0.1) is 0 Å². The summed E-state index contributed by atoms with van der Waals surface area (Å²) < 4.78 is 53.0. The zero-order valence-corrected chi connectivity index (χ0v) is 17.0. The Kier molecular flexibility index (Phi) is 7.32. The van der Waals surface area contributed by atoms with Crippen LogP contribution >= 0.6 is 0 Å². The minimum absolute atomic E-state index is 0.161. The molecule has 1 heterocycles. The Morgan fingerprint density at radius 1 is 1.06 bits per heavy atom. The number of alkyl halides is 3. The van der Waals surface area contributed by atoms with Gasteiger partial charge in [0, 0.05) is 12.3 Å². The molecule has 8 nitrogen and oxygen atoms in total. The molecule has 0 spiro atoms. The summed E-state index contributed by atoms with van der Waals surface area (Å²) in [4.78, 5) is 36.8. The van der Waals surface area contributed by atoms with Crippen molar-refractivity contribution in [2.45, 2.75) is 39.2 Å². The minimum atomic E-state index is -4.79. The summed E-state index contributed by atoms with van der Waals surface area (Å²) in [6, 6.07) is 9.52. The molecule has 0 aliphatic carbocycles. The van der Waals surface area contributed by atoms with Gasteiger partial charge in [0.15, 0.2) is 18.1 Å². The number of carbonyl (C=O) groups is 2. The van der Waals surface area contributed by atoms with Crippen LogP contribution < -0.4 is 15.6 Å². The van der Waals surface area contributed by atoms with Crippen molar-refractivity contribution in [2.24, 2.45) is 0 Å². The van der Waals surface area contributed by atoms with Gasteiger partial charge in [-0.25, -0.2) is 19.7 Å². The molecule has 2 rings (SSSR count). The first-order valence-electron chi connectivity index (χ1n) is 9.02. The monoisotopic (exact) mass is 442 g/mol. The van der Waals surface area contributed by atoms with Crippen molar-refractivity contribution in [3.8, 4) is 5.75 Å². The molecular formula is C20H21F3N2O6. The SMILES string of the molecule is CC(C)(C)OC(=O)Nn1ccc(=O)c(OCc2ccccc2)c1C(=O)OCC(F)(F)F. The molecule has 1 aromatic carbocycles. The summed E-state index contributed by atoms with van der Waals surface area (Å²) in [5.41, 5.74) is 0.383. The summed E-state index contributed by atoms with van der Waals surface area (Å²) in [6.07, 6.45) is -4.83. The van der Waals surface area contributed by atoms with E-state index in [1.54, 1.807) is 51.1 Å². The number of carbonyl (C=O) groups excluding carboxylic acids is 2. The molecule has 1 aromatic heterocycles. The third-order valence-electron chi connectivity index (χ3n) is 3.45. The zero-order valence-electron chi connectivity index (χ0n) is 17.0. The molecule has 0 unspecified atom stereocenters. The Morgan fingerprint density at radius 3 is 2.29 bits per heavy atom. The molecule has 31 heavy (non-hydrogen) atoms. The molecule has 0 bridgehead atoms. The number of nitrogens with zero attached hydrogens (tertiary/aromatic N) is 1. The average molecular weight is 442 g/mol. The van der Waals surface area contributed by atoms with E-state index in [1.807, 2.05) is 0 Å². The second-order valence-corrected chi connectivity index (χ2v) is 7.31. The van der Waals surface area contributed by atoms with E-state index < -0.39 is 47.3 Å². The highest BCUT2D eigenvalue weighted by Crippen LogP contribution is 2.20. The molecule has 168 valence electrons. The first kappa shape index (κ1) is 23.8. The third-order valence-corrected chi connectivity index (χ3v) is 3.45. The lowest BCUT2D eigenvalue weighted by molar-refractivity contribution is -0.161. The standard InChI is InChI=1S/C20H21F3N2O6/c1-19(2,3)31-18(28)24-25-10-9-14(26)16(29-11-13-7-5-4-6-8-13)15(25)17(27)30-12-20(21,22)23/h4-10H,11-12H2,1-3H3,(H,24,28). The summed E-state index contributed by atoms with van der Waals surface area (Å²) in [7, 11) is 0. The lowest BCUT2D eigenvalue weighted by Crippen LogP contribution is -2.35. The van der Waals surface area contributed by atoms with Crippen LogP contribution in [0.5, 0.6) is 5.75 Å². The maximum Gasteiger partial charge on any atom is 0.426 e. The molecule has 0 saturated heterocycles. The van der Waals surface area contributed by atoms with Crippen molar-refractivity contribution in [1.82, 2.24) is 4.68 Å². The zero-order chi connectivity index (χ0) is 23.2. The number of pyridine rings is 1. The number of aromatic nitrogens is 1. The Labute approximate surface area is 175 Å². The van der Waals surface area contributed by atoms with Crippen molar-refractivity contribution in [1.29, 1.82) is 0 Å². The summed E-state index contributed by atoms with van der Waals surface area (Å²) in [5.74, 6) is -2.11. The topological polar surface area (TPSA) is 95.9 Å². The van der Waals surface area contributed by atoms with Crippen LogP contribution in [0.1, 0.15) is 36.8 Å². The maximum atomic E-state index is 12.5. The predicted octanol–water partition coefficient (Wildman–Crippen LogP) is 3.63. The number of halogens is 3. The number of amides is 1. The number of ether oxygens (including phenoxy) is 3. The van der Waals surface area contributed by atoms with Crippen LogP contribution in [0.3, 0.4) is 0 Å². The minimum Gasteiger partial charge on any atom is -0.482 e. The van der Waals surface area contributed by atoms with Crippen LogP contribution in [0.25, 0.3) is 0 Å². The summed E-state index contributed by atoms with van der Waals surface area (Å²) in [6.45, 7) is 2.71. The quantitative estimate of drug-likeness (QED) is 0.687. The van der Waals surface area contributed by atoms with E-state index in [0.717, 1.165) is 12.3 Å². The van der Waals surface area contributed by atoms with Gasteiger partial charge in [-0.2, -0.15) is 13.2 Å². The largest absolute Gasteiger partial charge is 0.482 e. The molecule has 11 heteroatoms. The van der Waals surface area contributed by atoms with Crippen LogP contribution in [-0.4, -0.2) is 35.1 Å². The lowest BCUT2D eigenvalue weighted by atomic mass is 10.2. The van der Waals surface area contributed by atoms with E-state index in [4.69, 9.17) is 9.47 Å². The fourth-order valence-corrected chi connectivity index (χ4v) is 2.29. The number of esters is 1. The fourth-order valence-electron chi connectivity index (χ4n) is 2.29. The number of hydrogen-bond donors (Lipinski definition) is 1. The third kappa shape index (κ3) is 7.68. The van der Waals surface area contributed by atoms with Gasteiger partial charge < -0.3 is 14.2 Å². The number of rotatable bonds is 6. The van der Waals surface area contributed by atoms with Gasteiger partial charge in [-0.3, -0.25) is 4.79 Å². The number of benzene rings is 1. The van der Waals surface area contributed by atoms with Crippen LogP contribution in [0.15, 0.2) is 47.4 Å². The first-order valence-corrected chi connectivity index (χ1v) is 9.02. The van der Waals surface area contributed by atoms with Crippen LogP contribution in [0.4, 0.5) is 18.0 Å². The van der Waals surface area contributed by atoms with E-state index in [9.17, 15) is 27.6 Å². The van der Waals surface area contributed by atoms with E-state index in [1.165, 1.54) is 0 Å². The highest BCUT2D eigenvalue weighted by atomic mass is 19.4.